The van der Waals surface area contributed by atoms with Crippen LogP contribution in [0.2, 0.25) is 5.04 Å². The summed E-state index contributed by atoms with van der Waals surface area (Å²) in [4.78, 5) is 4.17. The van der Waals surface area contributed by atoms with Crippen LogP contribution >= 0.6 is 0 Å². The SMILES string of the molecule is CC(C)(C)[Si](OCCc1ccc(C#N)nc1)(c1ccccc1)c1ccccc1. The van der Waals surface area contributed by atoms with E-state index < -0.39 is 8.32 Å². The minimum Gasteiger partial charge on any atom is -0.407 e. The van der Waals surface area contributed by atoms with Gasteiger partial charge in [0.15, 0.2) is 0 Å². The van der Waals surface area contributed by atoms with E-state index in [1.165, 1.54) is 10.4 Å². The topological polar surface area (TPSA) is 45.9 Å². The summed E-state index contributed by atoms with van der Waals surface area (Å²) in [6.45, 7) is 7.45. The summed E-state index contributed by atoms with van der Waals surface area (Å²) in [7, 11) is -2.49. The number of hydrogen-bond acceptors (Lipinski definition) is 3. The maximum Gasteiger partial charge on any atom is 0.261 e. The zero-order valence-corrected chi connectivity index (χ0v) is 17.7. The number of hydrogen-bond donors (Lipinski definition) is 0. The number of benzene rings is 2. The fraction of sp³-hybridized carbons (Fsp3) is 0.250. The number of nitriles is 1. The Hall–Kier alpha value is -2.74. The maximum atomic E-state index is 8.92. The van der Waals surface area contributed by atoms with Gasteiger partial charge < -0.3 is 4.43 Å². The van der Waals surface area contributed by atoms with Crippen molar-refractivity contribution >= 4 is 18.7 Å². The fourth-order valence-electron chi connectivity index (χ4n) is 3.72. The van der Waals surface area contributed by atoms with Gasteiger partial charge in [-0.25, -0.2) is 4.98 Å². The van der Waals surface area contributed by atoms with Crippen LogP contribution in [0, 0.1) is 11.3 Å². The summed E-state index contributed by atoms with van der Waals surface area (Å²) in [5, 5.41) is 11.5. The van der Waals surface area contributed by atoms with Crippen molar-refractivity contribution in [1.29, 1.82) is 5.26 Å². The molecule has 2 aromatic carbocycles. The van der Waals surface area contributed by atoms with Crippen LogP contribution < -0.4 is 10.4 Å². The normalized spacial score (nSPS) is 11.8. The Morgan fingerprint density at radius 3 is 1.89 bits per heavy atom. The largest absolute Gasteiger partial charge is 0.407 e. The summed E-state index contributed by atoms with van der Waals surface area (Å²) in [5.74, 6) is 0. The molecule has 0 amide bonds. The third-order valence-corrected chi connectivity index (χ3v) is 10.1. The van der Waals surface area contributed by atoms with E-state index in [0.717, 1.165) is 12.0 Å². The van der Waals surface area contributed by atoms with Crippen molar-refractivity contribution in [2.45, 2.75) is 32.2 Å². The molecule has 4 heteroatoms. The first-order valence-corrected chi connectivity index (χ1v) is 11.5. The first-order valence-electron chi connectivity index (χ1n) is 9.57. The molecule has 28 heavy (non-hydrogen) atoms. The van der Waals surface area contributed by atoms with Gasteiger partial charge in [0.25, 0.3) is 8.32 Å². The highest BCUT2D eigenvalue weighted by Gasteiger charge is 2.49. The number of nitrogens with zero attached hydrogens (tertiary/aromatic N) is 2. The van der Waals surface area contributed by atoms with Crippen LogP contribution in [0.25, 0.3) is 0 Å². The second-order valence-corrected chi connectivity index (χ2v) is 12.2. The Labute approximate surface area is 168 Å². The first-order chi connectivity index (χ1) is 13.5. The fourth-order valence-corrected chi connectivity index (χ4v) is 8.29. The number of pyridine rings is 1. The summed E-state index contributed by atoms with van der Waals surface area (Å²) in [6.07, 6.45) is 2.54. The standard InChI is InChI=1S/C24H26N2OSi/c1-24(2,3)28(22-10-6-4-7-11-22,23-12-8-5-9-13-23)27-17-16-20-14-15-21(18-25)26-19-20/h4-15,19H,16-17H2,1-3H3. The average molecular weight is 387 g/mol. The Morgan fingerprint density at radius 2 is 1.46 bits per heavy atom. The predicted molar refractivity (Wildman–Crippen MR) is 116 cm³/mol. The zero-order valence-electron chi connectivity index (χ0n) is 16.7. The third kappa shape index (κ3) is 4.06. The number of rotatable bonds is 6. The molecule has 0 saturated heterocycles. The van der Waals surface area contributed by atoms with Crippen LogP contribution in [0.15, 0.2) is 79.0 Å². The van der Waals surface area contributed by atoms with Crippen LogP contribution in [0.1, 0.15) is 32.0 Å². The van der Waals surface area contributed by atoms with E-state index in [9.17, 15) is 0 Å². The second kappa shape index (κ2) is 8.51. The van der Waals surface area contributed by atoms with Crippen LogP contribution in [0.3, 0.4) is 0 Å². The lowest BCUT2D eigenvalue weighted by Crippen LogP contribution is -2.66. The smallest absolute Gasteiger partial charge is 0.261 e. The lowest BCUT2D eigenvalue weighted by Gasteiger charge is -2.43. The van der Waals surface area contributed by atoms with Gasteiger partial charge in [-0.05, 0) is 33.5 Å². The molecule has 0 atom stereocenters. The van der Waals surface area contributed by atoms with Crippen LogP contribution in [-0.4, -0.2) is 19.9 Å². The van der Waals surface area contributed by atoms with Gasteiger partial charge >= 0.3 is 0 Å². The molecule has 0 unspecified atom stereocenters. The Bertz CT molecular complexity index is 887. The molecule has 1 aromatic heterocycles. The van der Waals surface area contributed by atoms with Crippen LogP contribution in [0.4, 0.5) is 0 Å². The highest BCUT2D eigenvalue weighted by molar-refractivity contribution is 6.99. The molecule has 3 nitrogen and oxygen atoms in total. The van der Waals surface area contributed by atoms with Gasteiger partial charge in [-0.2, -0.15) is 5.26 Å². The minimum absolute atomic E-state index is 0.0291. The highest BCUT2D eigenvalue weighted by Crippen LogP contribution is 2.36. The van der Waals surface area contributed by atoms with Crippen molar-refractivity contribution < 1.29 is 4.43 Å². The lowest BCUT2D eigenvalue weighted by molar-refractivity contribution is 0.301. The van der Waals surface area contributed by atoms with Crippen molar-refractivity contribution in [3.05, 3.63) is 90.3 Å². The van der Waals surface area contributed by atoms with E-state index in [1.807, 2.05) is 6.07 Å². The van der Waals surface area contributed by atoms with Gasteiger partial charge in [0.05, 0.1) is 0 Å². The molecule has 1 heterocycles. The summed E-state index contributed by atoms with van der Waals surface area (Å²) >= 11 is 0. The molecule has 3 aromatic rings. The van der Waals surface area contributed by atoms with E-state index in [0.29, 0.717) is 12.3 Å². The van der Waals surface area contributed by atoms with Gasteiger partial charge in [-0.15, -0.1) is 0 Å². The highest BCUT2D eigenvalue weighted by atomic mass is 28.4. The monoisotopic (exact) mass is 386 g/mol. The zero-order chi connectivity index (χ0) is 20.0. The summed E-state index contributed by atoms with van der Waals surface area (Å²) < 4.78 is 6.87. The molecule has 0 N–H and O–H groups in total. The van der Waals surface area contributed by atoms with Gasteiger partial charge in [-0.1, -0.05) is 87.5 Å². The van der Waals surface area contributed by atoms with Crippen molar-refractivity contribution in [1.82, 2.24) is 4.98 Å². The van der Waals surface area contributed by atoms with Gasteiger partial charge in [-0.3, -0.25) is 0 Å². The quantitative estimate of drug-likeness (QED) is 0.600. The molecular weight excluding hydrogens is 360 g/mol. The molecule has 0 aliphatic rings. The van der Waals surface area contributed by atoms with Crippen molar-refractivity contribution in [2.75, 3.05) is 6.61 Å². The van der Waals surface area contributed by atoms with E-state index in [1.54, 1.807) is 12.3 Å². The Balaban J connectivity index is 1.95. The molecule has 0 bridgehead atoms. The first kappa shape index (κ1) is 20.0. The molecule has 0 radical (unpaired) electrons. The average Bonchev–Trinajstić information content (AvgIpc) is 2.72. The molecule has 3 rings (SSSR count). The summed E-state index contributed by atoms with van der Waals surface area (Å²) in [5.41, 5.74) is 1.52. The van der Waals surface area contributed by atoms with Crippen molar-refractivity contribution in [2.24, 2.45) is 0 Å². The summed E-state index contributed by atoms with van der Waals surface area (Å²) in [6, 6.07) is 27.1. The second-order valence-electron chi connectivity index (χ2n) is 7.93. The molecule has 0 fully saturated rings. The molecule has 142 valence electrons. The van der Waals surface area contributed by atoms with Crippen LogP contribution in [0.5, 0.6) is 0 Å². The van der Waals surface area contributed by atoms with Gasteiger partial charge in [0.2, 0.25) is 0 Å². The van der Waals surface area contributed by atoms with Crippen molar-refractivity contribution in [3.8, 4) is 6.07 Å². The molecule has 0 aliphatic heterocycles. The molecule has 0 saturated carbocycles. The van der Waals surface area contributed by atoms with E-state index in [-0.39, 0.29) is 5.04 Å². The van der Waals surface area contributed by atoms with Gasteiger partial charge in [0, 0.05) is 12.8 Å². The van der Waals surface area contributed by atoms with Crippen LogP contribution in [-0.2, 0) is 10.8 Å². The molecule has 0 spiro atoms. The van der Waals surface area contributed by atoms with Gasteiger partial charge in [0.1, 0.15) is 11.8 Å². The molecular formula is C24H26N2OSi. The van der Waals surface area contributed by atoms with E-state index >= 15 is 0 Å². The van der Waals surface area contributed by atoms with Crippen molar-refractivity contribution in [3.63, 3.8) is 0 Å². The third-order valence-electron chi connectivity index (χ3n) is 5.07. The minimum atomic E-state index is -2.49. The number of aromatic nitrogens is 1. The molecule has 0 aliphatic carbocycles. The Morgan fingerprint density at radius 1 is 0.893 bits per heavy atom. The van der Waals surface area contributed by atoms with E-state index in [4.69, 9.17) is 9.69 Å². The maximum absolute atomic E-state index is 8.92. The lowest BCUT2D eigenvalue weighted by atomic mass is 10.2. The Kier molecular flexibility index (Phi) is 6.08. The predicted octanol–water partition coefficient (Wildman–Crippen LogP) is 4.07. The van der Waals surface area contributed by atoms with E-state index in [2.05, 4.69) is 92.5 Å².